The van der Waals surface area contributed by atoms with Gasteiger partial charge in [-0.25, -0.2) is 0 Å². The van der Waals surface area contributed by atoms with Crippen molar-refractivity contribution in [1.29, 1.82) is 0 Å². The molecule has 0 fully saturated rings. The Labute approximate surface area is 334 Å². The molecule has 0 bridgehead atoms. The number of hydrogen-bond acceptors (Lipinski definition) is 2. The molecular weight excluding hydrogens is 691 g/mol. The molecule has 1 atom stereocenters. The molecule has 0 amide bonds. The zero-order chi connectivity index (χ0) is 38.0. The summed E-state index contributed by atoms with van der Waals surface area (Å²) >= 11 is 0. The highest BCUT2D eigenvalue weighted by atomic mass is 15.1. The van der Waals surface area contributed by atoms with Crippen molar-refractivity contribution in [2.24, 2.45) is 0 Å². The second-order valence-electron chi connectivity index (χ2n) is 14.5. The highest BCUT2D eigenvalue weighted by molar-refractivity contribution is 6.11. The first-order valence-corrected chi connectivity index (χ1v) is 19.7. The zero-order valence-electron chi connectivity index (χ0n) is 31.6. The van der Waals surface area contributed by atoms with Crippen LogP contribution in [0.4, 0.5) is 34.1 Å². The molecule has 1 aromatic heterocycles. The van der Waals surface area contributed by atoms with Crippen LogP contribution in [0.5, 0.6) is 0 Å². The first-order chi connectivity index (χ1) is 28.3. The lowest BCUT2D eigenvalue weighted by Gasteiger charge is -2.27. The van der Waals surface area contributed by atoms with Crippen molar-refractivity contribution in [2.75, 3.05) is 9.80 Å². The summed E-state index contributed by atoms with van der Waals surface area (Å²) in [5.41, 5.74) is 14.0. The average Bonchev–Trinajstić information content (AvgIpc) is 3.62. The Morgan fingerprint density at radius 3 is 1.46 bits per heavy atom. The van der Waals surface area contributed by atoms with Gasteiger partial charge >= 0.3 is 0 Å². The molecule has 3 nitrogen and oxygen atoms in total. The molecule has 0 aliphatic heterocycles. The predicted molar refractivity (Wildman–Crippen MR) is 242 cm³/mol. The summed E-state index contributed by atoms with van der Waals surface area (Å²) in [7, 11) is 0. The monoisotopic (exact) mass is 731 g/mol. The van der Waals surface area contributed by atoms with Crippen LogP contribution in [0.2, 0.25) is 0 Å². The highest BCUT2D eigenvalue weighted by Crippen LogP contribution is 2.44. The summed E-state index contributed by atoms with van der Waals surface area (Å²) in [6.07, 6.45) is 9.91. The lowest BCUT2D eigenvalue weighted by Crippen LogP contribution is -2.10. The van der Waals surface area contributed by atoms with E-state index in [0.717, 1.165) is 40.5 Å². The molecule has 1 unspecified atom stereocenters. The molecular formula is C54H41N3. The van der Waals surface area contributed by atoms with E-state index in [-0.39, 0.29) is 6.04 Å². The summed E-state index contributed by atoms with van der Waals surface area (Å²) in [6, 6.07) is 74.6. The molecule has 0 spiro atoms. The number of allylic oxidation sites excluding steroid dienone is 4. The molecule has 1 heterocycles. The maximum absolute atomic E-state index is 2.54. The second kappa shape index (κ2) is 15.1. The molecule has 1 aliphatic carbocycles. The van der Waals surface area contributed by atoms with Crippen LogP contribution in [0.3, 0.4) is 0 Å². The maximum Gasteiger partial charge on any atom is 0.0560 e. The number of fused-ring (bicyclic) bond motifs is 3. The van der Waals surface area contributed by atoms with E-state index >= 15 is 0 Å². The van der Waals surface area contributed by atoms with Crippen molar-refractivity contribution >= 4 is 55.9 Å². The van der Waals surface area contributed by atoms with Gasteiger partial charge in [0.15, 0.2) is 0 Å². The molecule has 272 valence electrons. The molecule has 3 heteroatoms. The molecule has 0 radical (unpaired) electrons. The zero-order valence-corrected chi connectivity index (χ0v) is 31.6. The van der Waals surface area contributed by atoms with Crippen molar-refractivity contribution in [3.05, 3.63) is 231 Å². The van der Waals surface area contributed by atoms with Crippen LogP contribution in [0.1, 0.15) is 12.5 Å². The van der Waals surface area contributed by atoms with Crippen molar-refractivity contribution in [2.45, 2.75) is 12.5 Å². The second-order valence-corrected chi connectivity index (χ2v) is 14.5. The van der Waals surface area contributed by atoms with Gasteiger partial charge in [-0.1, -0.05) is 140 Å². The van der Waals surface area contributed by atoms with Crippen LogP contribution in [0, 0.1) is 0 Å². The van der Waals surface area contributed by atoms with E-state index in [4.69, 9.17) is 0 Å². The summed E-state index contributed by atoms with van der Waals surface area (Å²) < 4.78 is 2.54. The number of benzene rings is 8. The molecule has 57 heavy (non-hydrogen) atoms. The number of nitrogens with zero attached hydrogens (tertiary/aromatic N) is 3. The average molecular weight is 732 g/mol. The number of aromatic nitrogens is 1. The Morgan fingerprint density at radius 2 is 0.877 bits per heavy atom. The van der Waals surface area contributed by atoms with Crippen LogP contribution in [0.25, 0.3) is 44.1 Å². The normalized spacial score (nSPS) is 13.6. The number of rotatable bonds is 9. The smallest absolute Gasteiger partial charge is 0.0560 e. The van der Waals surface area contributed by atoms with Crippen LogP contribution in [-0.2, 0) is 0 Å². The minimum atomic E-state index is 0.235. The Bertz CT molecular complexity index is 2800. The Morgan fingerprint density at radius 1 is 0.386 bits per heavy atom. The van der Waals surface area contributed by atoms with Crippen molar-refractivity contribution in [1.82, 2.24) is 4.57 Å². The minimum absolute atomic E-state index is 0.235. The Balaban J connectivity index is 1.14. The van der Waals surface area contributed by atoms with E-state index in [1.165, 1.54) is 44.1 Å². The molecule has 9 aromatic rings. The standard InChI is InChI=1S/C54H41N3/c1-6-20-43(21-7-1)55(44-22-8-2-9-23-44)48-30-18-19-40(37-48)41-33-35-53-50(38-41)51-39-42(34-36-54(51)57(53)47-28-14-5-15-29-47)49-31-16-17-32-52(49)56(45-24-10-3-11-25-45)46-26-12-4-13-27-46/h1-28,30-39,47H,29H2. The van der Waals surface area contributed by atoms with E-state index in [9.17, 15) is 0 Å². The third kappa shape index (κ3) is 6.49. The predicted octanol–water partition coefficient (Wildman–Crippen LogP) is 15.1. The van der Waals surface area contributed by atoms with Crippen LogP contribution >= 0.6 is 0 Å². The molecule has 0 saturated heterocycles. The largest absolute Gasteiger partial charge is 0.333 e. The first kappa shape index (κ1) is 34.2. The first-order valence-electron chi connectivity index (χ1n) is 19.7. The fraction of sp³-hybridized carbons (Fsp3) is 0.0370. The summed E-state index contributed by atoms with van der Waals surface area (Å²) in [6.45, 7) is 0. The van der Waals surface area contributed by atoms with E-state index < -0.39 is 0 Å². The topological polar surface area (TPSA) is 11.4 Å². The van der Waals surface area contributed by atoms with Crippen LogP contribution in [0.15, 0.2) is 231 Å². The summed E-state index contributed by atoms with van der Waals surface area (Å²) in [5, 5.41) is 2.50. The third-order valence-corrected chi connectivity index (χ3v) is 11.0. The van der Waals surface area contributed by atoms with Gasteiger partial charge in [-0.2, -0.15) is 0 Å². The molecule has 10 rings (SSSR count). The minimum Gasteiger partial charge on any atom is -0.333 e. The van der Waals surface area contributed by atoms with Gasteiger partial charge < -0.3 is 14.4 Å². The fourth-order valence-corrected chi connectivity index (χ4v) is 8.44. The SMILES string of the molecule is C1=CCC(n2c3ccc(-c4cccc(N(c5ccccc5)c5ccccc5)c4)cc3c3cc(-c4ccccc4N(c4ccccc4)c4ccccc4)ccc32)C=C1. The third-order valence-electron chi connectivity index (χ3n) is 11.0. The lowest BCUT2D eigenvalue weighted by atomic mass is 9.98. The van der Waals surface area contributed by atoms with Crippen molar-refractivity contribution in [3.8, 4) is 22.3 Å². The maximum atomic E-state index is 2.54. The molecule has 8 aromatic carbocycles. The lowest BCUT2D eigenvalue weighted by molar-refractivity contribution is 0.648. The highest BCUT2D eigenvalue weighted by Gasteiger charge is 2.21. The Kier molecular flexibility index (Phi) is 9.02. The van der Waals surface area contributed by atoms with Crippen LogP contribution < -0.4 is 9.80 Å². The van der Waals surface area contributed by atoms with Gasteiger partial charge in [0, 0.05) is 55.8 Å². The van der Waals surface area contributed by atoms with Crippen LogP contribution in [-0.4, -0.2) is 4.57 Å². The van der Waals surface area contributed by atoms with E-state index in [0.29, 0.717) is 0 Å². The Hall–Kier alpha value is -7.36. The summed E-state index contributed by atoms with van der Waals surface area (Å²) in [4.78, 5) is 4.69. The van der Waals surface area contributed by atoms with Crippen molar-refractivity contribution in [3.63, 3.8) is 0 Å². The molecule has 0 N–H and O–H groups in total. The number of para-hydroxylation sites is 5. The number of anilines is 6. The van der Waals surface area contributed by atoms with Gasteiger partial charge in [0.2, 0.25) is 0 Å². The van der Waals surface area contributed by atoms with E-state index in [1.54, 1.807) is 0 Å². The van der Waals surface area contributed by atoms with E-state index in [1.807, 2.05) is 0 Å². The quantitative estimate of drug-likeness (QED) is 0.146. The molecule has 1 aliphatic rings. The van der Waals surface area contributed by atoms with Gasteiger partial charge in [-0.05, 0) is 114 Å². The fourth-order valence-electron chi connectivity index (χ4n) is 8.44. The van der Waals surface area contributed by atoms with Gasteiger partial charge in [0.25, 0.3) is 0 Å². The summed E-state index contributed by atoms with van der Waals surface area (Å²) in [5.74, 6) is 0. The number of hydrogen-bond donors (Lipinski definition) is 0. The van der Waals surface area contributed by atoms with Crippen molar-refractivity contribution < 1.29 is 0 Å². The molecule has 0 saturated carbocycles. The van der Waals surface area contributed by atoms with E-state index in [2.05, 4.69) is 245 Å². The van der Waals surface area contributed by atoms with Gasteiger partial charge in [-0.3, -0.25) is 0 Å². The van der Waals surface area contributed by atoms with Gasteiger partial charge in [0.05, 0.1) is 11.7 Å². The van der Waals surface area contributed by atoms with Gasteiger partial charge in [0.1, 0.15) is 0 Å². The van der Waals surface area contributed by atoms with Gasteiger partial charge in [-0.15, -0.1) is 0 Å².